The molecule has 0 saturated carbocycles. The lowest BCUT2D eigenvalue weighted by Gasteiger charge is -2.13. The normalized spacial score (nSPS) is 12.1. The molecular weight excluding hydrogens is 358 g/mol. The van der Waals surface area contributed by atoms with E-state index >= 15 is 0 Å². The molecule has 2 heterocycles. The van der Waals surface area contributed by atoms with E-state index in [1.54, 1.807) is 0 Å². The SMILES string of the molecule is CN[C@H](C)c1cc(Nc2ccc(NCCc3c[nH]c4ccccc34)cc2)ccn1. The van der Waals surface area contributed by atoms with Crippen LogP contribution in [-0.2, 0) is 6.42 Å². The smallest absolute Gasteiger partial charge is 0.0590 e. The van der Waals surface area contributed by atoms with Crippen molar-refractivity contribution in [2.75, 3.05) is 24.2 Å². The maximum absolute atomic E-state index is 4.42. The van der Waals surface area contributed by atoms with Crippen molar-refractivity contribution in [3.63, 3.8) is 0 Å². The van der Waals surface area contributed by atoms with Gasteiger partial charge < -0.3 is 20.9 Å². The van der Waals surface area contributed by atoms with E-state index in [-0.39, 0.29) is 6.04 Å². The fraction of sp³-hybridized carbons (Fsp3) is 0.208. The van der Waals surface area contributed by atoms with Crippen molar-refractivity contribution >= 4 is 28.0 Å². The number of rotatable bonds is 8. The van der Waals surface area contributed by atoms with E-state index in [2.05, 4.69) is 93.6 Å². The van der Waals surface area contributed by atoms with E-state index in [1.807, 2.05) is 19.3 Å². The molecule has 5 nitrogen and oxygen atoms in total. The lowest BCUT2D eigenvalue weighted by Crippen LogP contribution is -2.13. The first-order chi connectivity index (χ1) is 14.2. The molecule has 0 unspecified atom stereocenters. The molecule has 4 aromatic rings. The van der Waals surface area contributed by atoms with Crippen molar-refractivity contribution < 1.29 is 0 Å². The average Bonchev–Trinajstić information content (AvgIpc) is 3.18. The van der Waals surface area contributed by atoms with E-state index in [0.29, 0.717) is 0 Å². The molecule has 0 aliphatic heterocycles. The van der Waals surface area contributed by atoms with Gasteiger partial charge in [0.1, 0.15) is 0 Å². The number of anilines is 3. The van der Waals surface area contributed by atoms with Crippen molar-refractivity contribution in [3.8, 4) is 0 Å². The molecule has 0 amide bonds. The molecule has 0 aliphatic carbocycles. The summed E-state index contributed by atoms with van der Waals surface area (Å²) in [7, 11) is 1.94. The fourth-order valence-corrected chi connectivity index (χ4v) is 3.43. The maximum Gasteiger partial charge on any atom is 0.0590 e. The third-order valence-corrected chi connectivity index (χ3v) is 5.23. The van der Waals surface area contributed by atoms with Crippen molar-refractivity contribution in [1.82, 2.24) is 15.3 Å². The lowest BCUT2D eigenvalue weighted by molar-refractivity contribution is 0.633. The minimum Gasteiger partial charge on any atom is -0.385 e. The Morgan fingerprint density at radius 2 is 1.76 bits per heavy atom. The molecular formula is C24H27N5. The largest absolute Gasteiger partial charge is 0.385 e. The lowest BCUT2D eigenvalue weighted by atomic mass is 10.1. The van der Waals surface area contributed by atoms with Crippen molar-refractivity contribution in [2.24, 2.45) is 0 Å². The number of aromatic amines is 1. The first kappa shape index (κ1) is 19.0. The summed E-state index contributed by atoms with van der Waals surface area (Å²) in [5.41, 5.74) is 6.78. The van der Waals surface area contributed by atoms with E-state index < -0.39 is 0 Å². The van der Waals surface area contributed by atoms with Gasteiger partial charge in [0, 0.05) is 52.9 Å². The minimum absolute atomic E-state index is 0.223. The van der Waals surface area contributed by atoms with Gasteiger partial charge >= 0.3 is 0 Å². The molecule has 0 aliphatic rings. The second-order valence-corrected chi connectivity index (χ2v) is 7.22. The summed E-state index contributed by atoms with van der Waals surface area (Å²) >= 11 is 0. The van der Waals surface area contributed by atoms with Gasteiger partial charge in [0.05, 0.1) is 5.69 Å². The number of fused-ring (bicyclic) bond motifs is 1. The Labute approximate surface area is 171 Å². The van der Waals surface area contributed by atoms with Crippen LogP contribution in [0.2, 0.25) is 0 Å². The quantitative estimate of drug-likeness (QED) is 0.335. The monoisotopic (exact) mass is 385 g/mol. The third kappa shape index (κ3) is 4.58. The van der Waals surface area contributed by atoms with E-state index in [1.165, 1.54) is 16.5 Å². The molecule has 5 heteroatoms. The zero-order valence-electron chi connectivity index (χ0n) is 16.9. The highest BCUT2D eigenvalue weighted by atomic mass is 14.9. The highest BCUT2D eigenvalue weighted by molar-refractivity contribution is 5.83. The minimum atomic E-state index is 0.223. The summed E-state index contributed by atoms with van der Waals surface area (Å²) in [4.78, 5) is 7.76. The molecule has 0 spiro atoms. The van der Waals surface area contributed by atoms with Crippen LogP contribution >= 0.6 is 0 Å². The summed E-state index contributed by atoms with van der Waals surface area (Å²) in [6, 6.07) is 21.1. The van der Waals surface area contributed by atoms with Gasteiger partial charge in [0.15, 0.2) is 0 Å². The second-order valence-electron chi connectivity index (χ2n) is 7.22. The highest BCUT2D eigenvalue weighted by Gasteiger charge is 2.05. The number of nitrogens with one attached hydrogen (secondary N) is 4. The van der Waals surface area contributed by atoms with Gasteiger partial charge in [-0.1, -0.05) is 18.2 Å². The number of hydrogen-bond acceptors (Lipinski definition) is 4. The van der Waals surface area contributed by atoms with Gasteiger partial charge in [-0.25, -0.2) is 0 Å². The maximum atomic E-state index is 4.42. The second kappa shape index (κ2) is 8.80. The summed E-state index contributed by atoms with van der Waals surface area (Å²) < 4.78 is 0. The van der Waals surface area contributed by atoms with Gasteiger partial charge in [-0.05, 0) is 68.4 Å². The Morgan fingerprint density at radius 1 is 0.966 bits per heavy atom. The van der Waals surface area contributed by atoms with Crippen molar-refractivity contribution in [1.29, 1.82) is 0 Å². The van der Waals surface area contributed by atoms with Crippen LogP contribution in [0, 0.1) is 0 Å². The summed E-state index contributed by atoms with van der Waals surface area (Å²) in [5.74, 6) is 0. The Kier molecular flexibility index (Phi) is 5.77. The summed E-state index contributed by atoms with van der Waals surface area (Å²) in [6.07, 6.45) is 4.93. The number of aromatic nitrogens is 2. The van der Waals surface area contributed by atoms with Gasteiger partial charge in [0.25, 0.3) is 0 Å². The van der Waals surface area contributed by atoms with Crippen LogP contribution in [0.25, 0.3) is 10.9 Å². The number of pyridine rings is 1. The molecule has 4 rings (SSSR count). The molecule has 4 N–H and O–H groups in total. The first-order valence-electron chi connectivity index (χ1n) is 10.0. The number of para-hydroxylation sites is 1. The van der Waals surface area contributed by atoms with Crippen LogP contribution < -0.4 is 16.0 Å². The zero-order chi connectivity index (χ0) is 20.1. The predicted octanol–water partition coefficient (Wildman–Crippen LogP) is 5.24. The summed E-state index contributed by atoms with van der Waals surface area (Å²) in [6.45, 7) is 2.99. The Morgan fingerprint density at radius 3 is 2.59 bits per heavy atom. The van der Waals surface area contributed by atoms with Crippen LogP contribution in [-0.4, -0.2) is 23.6 Å². The number of nitrogens with zero attached hydrogens (tertiary/aromatic N) is 1. The molecule has 0 fully saturated rings. The Bertz CT molecular complexity index is 1070. The number of H-pyrrole nitrogens is 1. The first-order valence-corrected chi connectivity index (χ1v) is 10.0. The molecule has 148 valence electrons. The Hall–Kier alpha value is -3.31. The average molecular weight is 386 g/mol. The summed E-state index contributed by atoms with van der Waals surface area (Å²) in [5, 5.41) is 11.5. The topological polar surface area (TPSA) is 64.8 Å². The zero-order valence-corrected chi connectivity index (χ0v) is 16.9. The third-order valence-electron chi connectivity index (χ3n) is 5.23. The molecule has 2 aromatic heterocycles. The van der Waals surface area contributed by atoms with Crippen LogP contribution in [0.5, 0.6) is 0 Å². The van der Waals surface area contributed by atoms with Gasteiger partial charge in [-0.3, -0.25) is 4.98 Å². The van der Waals surface area contributed by atoms with Gasteiger partial charge in [-0.15, -0.1) is 0 Å². The molecule has 0 radical (unpaired) electrons. The molecule has 0 saturated heterocycles. The fourth-order valence-electron chi connectivity index (χ4n) is 3.43. The van der Waals surface area contributed by atoms with Gasteiger partial charge in [0.2, 0.25) is 0 Å². The number of hydrogen-bond donors (Lipinski definition) is 4. The van der Waals surface area contributed by atoms with Crippen LogP contribution in [0.4, 0.5) is 17.1 Å². The standard InChI is InChI=1S/C24H27N5/c1-17(25-2)24-15-21(12-14-27-24)29-20-9-7-19(8-10-20)26-13-11-18-16-28-23-6-4-3-5-22(18)23/h3-10,12,14-17,25-26,28H,11,13H2,1-2H3,(H,27,29)/t17-/m1/s1. The van der Waals surface area contributed by atoms with E-state index in [9.17, 15) is 0 Å². The van der Waals surface area contributed by atoms with Gasteiger partial charge in [-0.2, -0.15) is 0 Å². The van der Waals surface area contributed by atoms with Crippen LogP contribution in [0.15, 0.2) is 73.1 Å². The van der Waals surface area contributed by atoms with E-state index in [0.717, 1.165) is 35.7 Å². The van der Waals surface area contributed by atoms with Crippen LogP contribution in [0.3, 0.4) is 0 Å². The van der Waals surface area contributed by atoms with E-state index in [4.69, 9.17) is 0 Å². The van der Waals surface area contributed by atoms with Crippen molar-refractivity contribution in [2.45, 2.75) is 19.4 Å². The molecule has 0 bridgehead atoms. The molecule has 29 heavy (non-hydrogen) atoms. The molecule has 1 atom stereocenters. The Balaban J connectivity index is 1.33. The number of benzene rings is 2. The predicted molar refractivity (Wildman–Crippen MR) is 122 cm³/mol. The van der Waals surface area contributed by atoms with Crippen molar-refractivity contribution in [3.05, 3.63) is 84.3 Å². The van der Waals surface area contributed by atoms with Crippen LogP contribution in [0.1, 0.15) is 24.2 Å². The molecule has 2 aromatic carbocycles. The highest BCUT2D eigenvalue weighted by Crippen LogP contribution is 2.22.